The number of anilines is 2. The summed E-state index contributed by atoms with van der Waals surface area (Å²) in [5.41, 5.74) is 9.22. The SMILES string of the molecule is Nc1nc(N2CCC3NCC3C2)c2c(n1)C1(CCCC1)CCC2. The molecular formula is C18H27N5. The second-order valence-electron chi connectivity index (χ2n) is 8.08. The topological polar surface area (TPSA) is 67.1 Å². The molecule has 5 heteroatoms. The van der Waals surface area contributed by atoms with Crippen LogP contribution in [0.25, 0.3) is 0 Å². The van der Waals surface area contributed by atoms with E-state index in [0.29, 0.717) is 11.4 Å². The van der Waals surface area contributed by atoms with Gasteiger partial charge in [0.05, 0.1) is 5.69 Å². The number of hydrogen-bond donors (Lipinski definition) is 2. The van der Waals surface area contributed by atoms with E-state index in [2.05, 4.69) is 10.2 Å². The molecule has 23 heavy (non-hydrogen) atoms. The summed E-state index contributed by atoms with van der Waals surface area (Å²) >= 11 is 0. The number of nitrogens with one attached hydrogen (secondary N) is 1. The highest BCUT2D eigenvalue weighted by molar-refractivity contribution is 5.55. The lowest BCUT2D eigenvalue weighted by atomic mass is 9.71. The van der Waals surface area contributed by atoms with Crippen LogP contribution in [0.4, 0.5) is 11.8 Å². The first-order chi connectivity index (χ1) is 11.3. The molecule has 1 aromatic rings. The monoisotopic (exact) mass is 313 g/mol. The van der Waals surface area contributed by atoms with Crippen molar-refractivity contribution in [1.29, 1.82) is 0 Å². The molecule has 124 valence electrons. The van der Waals surface area contributed by atoms with E-state index in [1.807, 2.05) is 0 Å². The van der Waals surface area contributed by atoms with E-state index in [-0.39, 0.29) is 0 Å². The molecule has 2 saturated heterocycles. The van der Waals surface area contributed by atoms with Gasteiger partial charge in [-0.15, -0.1) is 0 Å². The van der Waals surface area contributed by atoms with Crippen LogP contribution in [-0.2, 0) is 11.8 Å². The summed E-state index contributed by atoms with van der Waals surface area (Å²) in [5, 5.41) is 3.55. The summed E-state index contributed by atoms with van der Waals surface area (Å²) in [6.45, 7) is 3.39. The largest absolute Gasteiger partial charge is 0.368 e. The van der Waals surface area contributed by atoms with Crippen LogP contribution in [0, 0.1) is 5.92 Å². The molecule has 5 nitrogen and oxygen atoms in total. The molecule has 1 saturated carbocycles. The summed E-state index contributed by atoms with van der Waals surface area (Å²) in [6.07, 6.45) is 10.2. The van der Waals surface area contributed by atoms with Gasteiger partial charge in [0.15, 0.2) is 0 Å². The van der Waals surface area contributed by atoms with Gasteiger partial charge in [-0.1, -0.05) is 12.8 Å². The smallest absolute Gasteiger partial charge is 0.222 e. The minimum absolute atomic E-state index is 0.315. The van der Waals surface area contributed by atoms with E-state index in [1.54, 1.807) is 0 Å². The van der Waals surface area contributed by atoms with Crippen LogP contribution in [0.15, 0.2) is 0 Å². The number of nitrogens with zero attached hydrogens (tertiary/aromatic N) is 3. The quantitative estimate of drug-likeness (QED) is 0.830. The molecule has 2 atom stereocenters. The van der Waals surface area contributed by atoms with Crippen LogP contribution in [0.2, 0.25) is 0 Å². The Balaban J connectivity index is 1.55. The summed E-state index contributed by atoms with van der Waals surface area (Å²) in [6, 6.07) is 0.738. The minimum Gasteiger partial charge on any atom is -0.368 e. The first-order valence-corrected chi connectivity index (χ1v) is 9.40. The van der Waals surface area contributed by atoms with Gasteiger partial charge >= 0.3 is 0 Å². The number of fused-ring (bicyclic) bond motifs is 3. The normalized spacial score (nSPS) is 31.6. The number of rotatable bonds is 1. The Kier molecular flexibility index (Phi) is 3.09. The number of aromatic nitrogens is 2. The fourth-order valence-electron chi connectivity index (χ4n) is 5.52. The maximum atomic E-state index is 6.15. The summed E-state index contributed by atoms with van der Waals surface area (Å²) in [5.74, 6) is 2.45. The Hall–Kier alpha value is -1.36. The fourth-order valence-corrected chi connectivity index (χ4v) is 5.52. The van der Waals surface area contributed by atoms with Crippen LogP contribution in [0.1, 0.15) is 56.2 Å². The lowest BCUT2D eigenvalue weighted by molar-refractivity contribution is 0.198. The minimum atomic E-state index is 0.315. The van der Waals surface area contributed by atoms with Crippen molar-refractivity contribution >= 4 is 11.8 Å². The van der Waals surface area contributed by atoms with Crippen molar-refractivity contribution in [1.82, 2.24) is 15.3 Å². The Labute approximate surface area is 138 Å². The van der Waals surface area contributed by atoms with Crippen molar-refractivity contribution in [2.24, 2.45) is 5.92 Å². The average molecular weight is 313 g/mol. The molecule has 5 rings (SSSR count). The second-order valence-corrected chi connectivity index (χ2v) is 8.08. The van der Waals surface area contributed by atoms with Gasteiger partial charge in [-0.2, -0.15) is 4.98 Å². The molecule has 2 unspecified atom stereocenters. The highest BCUT2D eigenvalue weighted by Gasteiger charge is 2.43. The van der Waals surface area contributed by atoms with E-state index < -0.39 is 0 Å². The molecular weight excluding hydrogens is 286 g/mol. The summed E-state index contributed by atoms with van der Waals surface area (Å²) in [4.78, 5) is 12.0. The Bertz CT molecular complexity index is 622. The highest BCUT2D eigenvalue weighted by atomic mass is 15.2. The van der Waals surface area contributed by atoms with Gasteiger partial charge in [0, 0.05) is 42.6 Å². The molecule has 0 radical (unpaired) electrons. The first-order valence-electron chi connectivity index (χ1n) is 9.40. The van der Waals surface area contributed by atoms with Gasteiger partial charge in [0.2, 0.25) is 5.95 Å². The number of nitrogens with two attached hydrogens (primary N) is 1. The molecule has 3 heterocycles. The van der Waals surface area contributed by atoms with Gasteiger partial charge < -0.3 is 16.0 Å². The number of nitrogen functional groups attached to an aromatic ring is 1. The molecule has 3 fully saturated rings. The average Bonchev–Trinajstić information content (AvgIpc) is 2.98. The fraction of sp³-hybridized carbons (Fsp3) is 0.778. The second kappa shape index (κ2) is 5.07. The van der Waals surface area contributed by atoms with Gasteiger partial charge in [-0.25, -0.2) is 4.98 Å². The molecule has 1 spiro atoms. The zero-order valence-electron chi connectivity index (χ0n) is 13.9. The first kappa shape index (κ1) is 14.0. The molecule has 1 aromatic heterocycles. The Morgan fingerprint density at radius 2 is 1.96 bits per heavy atom. The molecule has 4 aliphatic rings. The third kappa shape index (κ3) is 2.09. The van der Waals surface area contributed by atoms with Crippen molar-refractivity contribution in [3.05, 3.63) is 11.3 Å². The predicted octanol–water partition coefficient (Wildman–Crippen LogP) is 2.00. The third-order valence-corrected chi connectivity index (χ3v) is 6.82. The van der Waals surface area contributed by atoms with Crippen LogP contribution in [0.5, 0.6) is 0 Å². The van der Waals surface area contributed by atoms with Gasteiger partial charge in [-0.05, 0) is 38.5 Å². The van der Waals surface area contributed by atoms with Crippen molar-refractivity contribution in [2.45, 2.75) is 62.8 Å². The maximum absolute atomic E-state index is 6.15. The van der Waals surface area contributed by atoms with Crippen molar-refractivity contribution in [2.75, 3.05) is 30.3 Å². The summed E-state index contributed by atoms with van der Waals surface area (Å²) < 4.78 is 0. The van der Waals surface area contributed by atoms with Gasteiger partial charge in [0.25, 0.3) is 0 Å². The third-order valence-electron chi connectivity index (χ3n) is 6.82. The van der Waals surface area contributed by atoms with E-state index >= 15 is 0 Å². The number of piperidine rings is 1. The van der Waals surface area contributed by atoms with E-state index in [0.717, 1.165) is 38.0 Å². The maximum Gasteiger partial charge on any atom is 0.222 e. The molecule has 2 aliphatic heterocycles. The van der Waals surface area contributed by atoms with Crippen LogP contribution < -0.4 is 16.0 Å². The molecule has 0 aromatic carbocycles. The van der Waals surface area contributed by atoms with E-state index in [4.69, 9.17) is 15.7 Å². The van der Waals surface area contributed by atoms with Crippen LogP contribution >= 0.6 is 0 Å². The summed E-state index contributed by atoms with van der Waals surface area (Å²) in [7, 11) is 0. The standard InChI is InChI=1S/C18H27N5/c19-17-21-15-13(4-3-8-18(15)6-1-2-7-18)16(22-17)23-9-5-14-12(11-23)10-20-14/h12,14,20H,1-11H2,(H2,19,21,22). The Morgan fingerprint density at radius 1 is 1.13 bits per heavy atom. The number of hydrogen-bond acceptors (Lipinski definition) is 5. The zero-order valence-corrected chi connectivity index (χ0v) is 13.9. The van der Waals surface area contributed by atoms with Crippen molar-refractivity contribution in [3.8, 4) is 0 Å². The van der Waals surface area contributed by atoms with Crippen molar-refractivity contribution < 1.29 is 0 Å². The van der Waals surface area contributed by atoms with E-state index in [9.17, 15) is 0 Å². The van der Waals surface area contributed by atoms with Crippen molar-refractivity contribution in [3.63, 3.8) is 0 Å². The highest BCUT2D eigenvalue weighted by Crippen LogP contribution is 2.49. The Morgan fingerprint density at radius 3 is 2.70 bits per heavy atom. The van der Waals surface area contributed by atoms with Crippen LogP contribution in [0.3, 0.4) is 0 Å². The molecule has 2 aliphatic carbocycles. The lowest BCUT2D eigenvalue weighted by Crippen LogP contribution is -2.61. The van der Waals surface area contributed by atoms with Gasteiger partial charge in [0.1, 0.15) is 5.82 Å². The van der Waals surface area contributed by atoms with Gasteiger partial charge in [-0.3, -0.25) is 0 Å². The van der Waals surface area contributed by atoms with E-state index in [1.165, 1.54) is 62.0 Å². The lowest BCUT2D eigenvalue weighted by Gasteiger charge is -2.47. The van der Waals surface area contributed by atoms with Crippen LogP contribution in [-0.4, -0.2) is 35.6 Å². The predicted molar refractivity (Wildman–Crippen MR) is 91.6 cm³/mol. The molecule has 0 amide bonds. The molecule has 0 bridgehead atoms. The zero-order chi connectivity index (χ0) is 15.4. The molecule has 3 N–H and O–H groups in total.